The number of amides is 1. The van der Waals surface area contributed by atoms with Crippen LogP contribution >= 0.6 is 0 Å². The standard InChI is InChI=1S/C29H36F3NO3/c1-26-12-13-28(17-33(25(35)36-28)16-18-4-3-5-19(14-18)29(30,31)32)15-20(26)6-7-21-22-8-9-24(34)27(22,2)11-10-23(21)26/h3-5,14,20-23H,6-13,15-17H2,1-2H3/t20-,21-,22-,23-,26-,27-,28+/m0/s1. The Bertz CT molecular complexity index is 1090. The third kappa shape index (κ3) is 3.62. The molecular formula is C29H36F3NO3. The summed E-state index contributed by atoms with van der Waals surface area (Å²) in [6, 6.07) is 5.22. The zero-order valence-corrected chi connectivity index (χ0v) is 21.2. The van der Waals surface area contributed by atoms with Gasteiger partial charge >= 0.3 is 12.3 Å². The average Bonchev–Trinajstić information content (AvgIpc) is 3.29. The maximum absolute atomic E-state index is 13.1. The molecule has 1 aromatic carbocycles. The van der Waals surface area contributed by atoms with Crippen molar-refractivity contribution in [1.29, 1.82) is 0 Å². The lowest BCUT2D eigenvalue weighted by atomic mass is 9.44. The SMILES string of the molecule is C[C@]12CC[C@@]3(C[C@@H]1CC[C@@H]1[C@@H]2CC[C@]2(C)C(=O)CC[C@@H]12)CN(Cc1cccc(C(F)(F)F)c1)C(=O)O3. The Labute approximate surface area is 210 Å². The fourth-order valence-corrected chi connectivity index (χ4v) is 9.20. The maximum atomic E-state index is 13.1. The summed E-state index contributed by atoms with van der Waals surface area (Å²) in [6.07, 6.45) is 3.97. The number of halogens is 3. The van der Waals surface area contributed by atoms with E-state index in [2.05, 4.69) is 13.8 Å². The second-order valence-electron chi connectivity index (χ2n) is 12.9. The molecule has 0 N–H and O–H groups in total. The molecule has 0 aromatic heterocycles. The molecule has 1 saturated heterocycles. The average molecular weight is 504 g/mol. The van der Waals surface area contributed by atoms with Gasteiger partial charge in [0.15, 0.2) is 0 Å². The second-order valence-corrected chi connectivity index (χ2v) is 12.9. The molecule has 5 aliphatic rings. The maximum Gasteiger partial charge on any atom is 0.416 e. The van der Waals surface area contributed by atoms with Crippen LogP contribution in [0.1, 0.15) is 82.8 Å². The third-order valence-corrected chi connectivity index (χ3v) is 11.2. The largest absolute Gasteiger partial charge is 0.441 e. The number of ether oxygens (including phenoxy) is 1. The molecular weight excluding hydrogens is 467 g/mol. The van der Waals surface area contributed by atoms with Crippen LogP contribution in [-0.2, 0) is 22.3 Å². The minimum absolute atomic E-state index is 0.120. The first kappa shape index (κ1) is 24.3. The van der Waals surface area contributed by atoms with E-state index >= 15 is 0 Å². The van der Waals surface area contributed by atoms with Gasteiger partial charge in [0.25, 0.3) is 0 Å². The first-order chi connectivity index (χ1) is 16.9. The minimum atomic E-state index is -4.40. The molecule has 0 bridgehead atoms. The van der Waals surface area contributed by atoms with Crippen LogP contribution < -0.4 is 0 Å². The normalized spacial score (nSPS) is 42.2. The van der Waals surface area contributed by atoms with Gasteiger partial charge in [-0.25, -0.2) is 4.79 Å². The zero-order chi connectivity index (χ0) is 25.5. The number of nitrogens with zero attached hydrogens (tertiary/aromatic N) is 1. The van der Waals surface area contributed by atoms with Gasteiger partial charge in [-0.2, -0.15) is 13.2 Å². The molecule has 7 heteroatoms. The lowest BCUT2D eigenvalue weighted by molar-refractivity contribution is -0.149. The quantitative estimate of drug-likeness (QED) is 0.436. The first-order valence-electron chi connectivity index (χ1n) is 13.6. The molecule has 6 rings (SSSR count). The molecule has 1 spiro atoms. The van der Waals surface area contributed by atoms with E-state index in [1.807, 2.05) is 0 Å². The van der Waals surface area contributed by atoms with E-state index in [1.165, 1.54) is 6.07 Å². The van der Waals surface area contributed by atoms with E-state index in [-0.39, 0.29) is 17.4 Å². The molecule has 36 heavy (non-hydrogen) atoms. The van der Waals surface area contributed by atoms with Crippen LogP contribution in [-0.4, -0.2) is 28.9 Å². The van der Waals surface area contributed by atoms with Crippen molar-refractivity contribution in [3.8, 4) is 0 Å². The number of alkyl halides is 3. The summed E-state index contributed by atoms with van der Waals surface area (Å²) in [6.45, 7) is 5.23. The van der Waals surface area contributed by atoms with Gasteiger partial charge in [0, 0.05) is 18.4 Å². The molecule has 1 heterocycles. The van der Waals surface area contributed by atoms with E-state index < -0.39 is 23.4 Å². The van der Waals surface area contributed by atoms with Crippen LogP contribution in [0.3, 0.4) is 0 Å². The van der Waals surface area contributed by atoms with Crippen molar-refractivity contribution in [1.82, 2.24) is 4.90 Å². The van der Waals surface area contributed by atoms with Gasteiger partial charge < -0.3 is 4.74 Å². The molecule has 0 unspecified atom stereocenters. The van der Waals surface area contributed by atoms with Crippen LogP contribution in [0.5, 0.6) is 0 Å². The van der Waals surface area contributed by atoms with E-state index in [1.54, 1.807) is 11.0 Å². The molecule has 5 fully saturated rings. The topological polar surface area (TPSA) is 46.6 Å². The number of rotatable bonds is 2. The summed E-state index contributed by atoms with van der Waals surface area (Å²) < 4.78 is 45.5. The smallest absolute Gasteiger partial charge is 0.416 e. The van der Waals surface area contributed by atoms with Crippen LogP contribution in [0.15, 0.2) is 24.3 Å². The Morgan fingerprint density at radius 2 is 1.83 bits per heavy atom. The van der Waals surface area contributed by atoms with Crippen molar-refractivity contribution in [3.63, 3.8) is 0 Å². The zero-order valence-electron chi connectivity index (χ0n) is 21.2. The third-order valence-electron chi connectivity index (χ3n) is 11.2. The Kier molecular flexibility index (Phi) is 5.38. The predicted molar refractivity (Wildman–Crippen MR) is 128 cm³/mol. The molecule has 4 aliphatic carbocycles. The first-order valence-corrected chi connectivity index (χ1v) is 13.6. The Hall–Kier alpha value is -2.05. The van der Waals surface area contributed by atoms with Crippen LogP contribution in [0.4, 0.5) is 18.0 Å². The molecule has 196 valence electrons. The highest BCUT2D eigenvalue weighted by atomic mass is 19.4. The number of Topliss-reactive ketones (excluding diaryl/α,β-unsaturated/α-hetero) is 1. The van der Waals surface area contributed by atoms with Crippen LogP contribution in [0, 0.1) is 34.5 Å². The second kappa shape index (κ2) is 7.97. The van der Waals surface area contributed by atoms with Gasteiger partial charge in [0.05, 0.1) is 12.1 Å². The summed E-state index contributed by atoms with van der Waals surface area (Å²) in [4.78, 5) is 27.1. The molecule has 1 aliphatic heterocycles. The summed E-state index contributed by atoms with van der Waals surface area (Å²) >= 11 is 0. The van der Waals surface area contributed by atoms with Gasteiger partial charge in [-0.05, 0) is 98.1 Å². The molecule has 1 amide bonds. The molecule has 1 aromatic rings. The number of carbonyl (C=O) groups is 2. The molecule has 7 atom stereocenters. The highest BCUT2D eigenvalue weighted by molar-refractivity contribution is 5.87. The monoisotopic (exact) mass is 503 g/mol. The highest BCUT2D eigenvalue weighted by Gasteiger charge is 2.62. The van der Waals surface area contributed by atoms with Crippen LogP contribution in [0.2, 0.25) is 0 Å². The fraction of sp³-hybridized carbons (Fsp3) is 0.724. The number of hydrogen-bond donors (Lipinski definition) is 0. The van der Waals surface area contributed by atoms with E-state index in [0.29, 0.717) is 41.6 Å². The molecule has 0 radical (unpaired) electrons. The number of benzene rings is 1. The Morgan fingerprint density at radius 3 is 2.61 bits per heavy atom. The lowest BCUT2D eigenvalue weighted by Gasteiger charge is -2.61. The number of fused-ring (bicyclic) bond motifs is 5. The van der Waals surface area contributed by atoms with Crippen molar-refractivity contribution >= 4 is 11.9 Å². The highest BCUT2D eigenvalue weighted by Crippen LogP contribution is 2.66. The van der Waals surface area contributed by atoms with Gasteiger partial charge in [0.1, 0.15) is 11.4 Å². The molecule has 4 saturated carbocycles. The Morgan fingerprint density at radius 1 is 1.03 bits per heavy atom. The predicted octanol–water partition coefficient (Wildman–Crippen LogP) is 7.01. The van der Waals surface area contributed by atoms with Crippen molar-refractivity contribution in [3.05, 3.63) is 35.4 Å². The van der Waals surface area contributed by atoms with Crippen molar-refractivity contribution in [2.24, 2.45) is 34.5 Å². The van der Waals surface area contributed by atoms with Gasteiger partial charge in [-0.15, -0.1) is 0 Å². The molecule has 4 nitrogen and oxygen atoms in total. The van der Waals surface area contributed by atoms with E-state index in [4.69, 9.17) is 4.74 Å². The van der Waals surface area contributed by atoms with Gasteiger partial charge in [0.2, 0.25) is 0 Å². The lowest BCUT2D eigenvalue weighted by Crippen LogP contribution is -2.56. The summed E-state index contributed by atoms with van der Waals surface area (Å²) in [5.74, 6) is 2.70. The summed E-state index contributed by atoms with van der Waals surface area (Å²) in [5, 5.41) is 0. The fourth-order valence-electron chi connectivity index (χ4n) is 9.20. The van der Waals surface area contributed by atoms with E-state index in [0.717, 1.165) is 69.9 Å². The van der Waals surface area contributed by atoms with Crippen molar-refractivity contribution < 1.29 is 27.5 Å². The number of hydrogen-bond acceptors (Lipinski definition) is 3. The number of carbonyl (C=O) groups excluding carboxylic acids is 2. The van der Waals surface area contributed by atoms with Crippen molar-refractivity contribution in [2.75, 3.05) is 6.54 Å². The summed E-state index contributed by atoms with van der Waals surface area (Å²) in [5.41, 5.74) is -0.688. The number of ketones is 1. The summed E-state index contributed by atoms with van der Waals surface area (Å²) in [7, 11) is 0. The van der Waals surface area contributed by atoms with Gasteiger partial charge in [-0.1, -0.05) is 26.0 Å². The van der Waals surface area contributed by atoms with Crippen LogP contribution in [0.25, 0.3) is 0 Å². The Balaban J connectivity index is 1.16. The minimum Gasteiger partial charge on any atom is -0.441 e. The van der Waals surface area contributed by atoms with Gasteiger partial charge in [-0.3, -0.25) is 9.69 Å². The van der Waals surface area contributed by atoms with E-state index in [9.17, 15) is 22.8 Å². The van der Waals surface area contributed by atoms with Crippen molar-refractivity contribution in [2.45, 2.75) is 90.0 Å².